The van der Waals surface area contributed by atoms with Gasteiger partial charge in [0, 0.05) is 32.1 Å². The fourth-order valence-corrected chi connectivity index (χ4v) is 2.61. The molecule has 1 unspecified atom stereocenters. The number of nitrogens with one attached hydrogen (secondary N) is 1. The Morgan fingerprint density at radius 3 is 2.15 bits per heavy atom. The number of amides is 3. The second kappa shape index (κ2) is 9.24. The third kappa shape index (κ3) is 7.22. The SMILES string of the molecule is CC(C)C(C)NC(=O)C1CCN(C(=O)CN(C)C(=O)OC(C)(C)C)CC1. The monoisotopic (exact) mass is 369 g/mol. The molecule has 1 aliphatic rings. The Balaban J connectivity index is 2.44. The molecule has 0 saturated carbocycles. The highest BCUT2D eigenvalue weighted by atomic mass is 16.6. The van der Waals surface area contributed by atoms with Gasteiger partial charge in [0.05, 0.1) is 0 Å². The first-order valence-electron chi connectivity index (χ1n) is 9.43. The Labute approximate surface area is 157 Å². The van der Waals surface area contributed by atoms with Gasteiger partial charge in [-0.25, -0.2) is 4.79 Å². The number of ether oxygens (including phenoxy) is 1. The summed E-state index contributed by atoms with van der Waals surface area (Å²) in [6.45, 7) is 12.6. The minimum Gasteiger partial charge on any atom is -0.444 e. The molecule has 26 heavy (non-hydrogen) atoms. The predicted molar refractivity (Wildman–Crippen MR) is 101 cm³/mol. The lowest BCUT2D eigenvalue weighted by Crippen LogP contribution is -2.48. The van der Waals surface area contributed by atoms with Crippen LogP contribution in [0.4, 0.5) is 4.79 Å². The van der Waals surface area contributed by atoms with E-state index in [9.17, 15) is 14.4 Å². The molecule has 0 aromatic heterocycles. The van der Waals surface area contributed by atoms with Crippen molar-refractivity contribution in [2.45, 2.75) is 66.0 Å². The Morgan fingerprint density at radius 2 is 1.69 bits per heavy atom. The first-order valence-corrected chi connectivity index (χ1v) is 9.43. The molecule has 1 rings (SSSR count). The summed E-state index contributed by atoms with van der Waals surface area (Å²) in [7, 11) is 1.56. The topological polar surface area (TPSA) is 79.0 Å². The van der Waals surface area contributed by atoms with Gasteiger partial charge in [-0.1, -0.05) is 13.8 Å². The van der Waals surface area contributed by atoms with E-state index in [-0.39, 0.29) is 30.3 Å². The van der Waals surface area contributed by atoms with Crippen molar-refractivity contribution in [3.8, 4) is 0 Å². The van der Waals surface area contributed by atoms with Crippen LogP contribution in [0.1, 0.15) is 54.4 Å². The van der Waals surface area contributed by atoms with Gasteiger partial charge in [-0.3, -0.25) is 9.59 Å². The molecule has 1 aliphatic heterocycles. The Hall–Kier alpha value is -1.79. The normalized spacial score (nSPS) is 17.0. The fourth-order valence-electron chi connectivity index (χ4n) is 2.61. The molecule has 3 amide bonds. The number of hydrogen-bond acceptors (Lipinski definition) is 4. The zero-order valence-electron chi connectivity index (χ0n) is 17.3. The molecule has 1 heterocycles. The summed E-state index contributed by atoms with van der Waals surface area (Å²) in [5, 5.41) is 3.05. The van der Waals surface area contributed by atoms with Crippen molar-refractivity contribution in [1.29, 1.82) is 0 Å². The predicted octanol–water partition coefficient (Wildman–Crippen LogP) is 2.25. The van der Waals surface area contributed by atoms with Crippen LogP contribution in [0.3, 0.4) is 0 Å². The average molecular weight is 370 g/mol. The largest absolute Gasteiger partial charge is 0.444 e. The molecule has 0 aliphatic carbocycles. The van der Waals surface area contributed by atoms with E-state index in [4.69, 9.17) is 4.74 Å². The zero-order valence-corrected chi connectivity index (χ0v) is 17.3. The first kappa shape index (κ1) is 22.3. The summed E-state index contributed by atoms with van der Waals surface area (Å²) in [5.41, 5.74) is -0.590. The summed E-state index contributed by atoms with van der Waals surface area (Å²) < 4.78 is 5.26. The van der Waals surface area contributed by atoms with Crippen molar-refractivity contribution >= 4 is 17.9 Å². The molecule has 1 fully saturated rings. The smallest absolute Gasteiger partial charge is 0.410 e. The highest BCUT2D eigenvalue weighted by molar-refractivity contribution is 5.83. The molecule has 7 nitrogen and oxygen atoms in total. The maximum Gasteiger partial charge on any atom is 0.410 e. The van der Waals surface area contributed by atoms with Gasteiger partial charge in [-0.2, -0.15) is 0 Å². The van der Waals surface area contributed by atoms with Crippen LogP contribution in [-0.4, -0.2) is 66.0 Å². The van der Waals surface area contributed by atoms with Crippen LogP contribution in [-0.2, 0) is 14.3 Å². The zero-order chi connectivity index (χ0) is 20.1. The lowest BCUT2D eigenvalue weighted by atomic mass is 9.94. The van der Waals surface area contributed by atoms with Crippen molar-refractivity contribution in [3.05, 3.63) is 0 Å². The maximum absolute atomic E-state index is 12.4. The molecular weight excluding hydrogens is 334 g/mol. The number of hydrogen-bond donors (Lipinski definition) is 1. The number of carbonyl (C=O) groups is 3. The van der Waals surface area contributed by atoms with Crippen molar-refractivity contribution in [3.63, 3.8) is 0 Å². The van der Waals surface area contributed by atoms with Gasteiger partial charge in [0.2, 0.25) is 11.8 Å². The minimum absolute atomic E-state index is 0.0177. The number of likely N-dealkylation sites (tertiary alicyclic amines) is 1. The van der Waals surface area contributed by atoms with E-state index >= 15 is 0 Å². The van der Waals surface area contributed by atoms with E-state index in [1.165, 1.54) is 4.90 Å². The lowest BCUT2D eigenvalue weighted by molar-refractivity contribution is -0.136. The van der Waals surface area contributed by atoms with E-state index < -0.39 is 11.7 Å². The van der Waals surface area contributed by atoms with Crippen LogP contribution < -0.4 is 5.32 Å². The summed E-state index contributed by atoms with van der Waals surface area (Å²) >= 11 is 0. The maximum atomic E-state index is 12.4. The van der Waals surface area contributed by atoms with E-state index in [0.717, 1.165) is 0 Å². The van der Waals surface area contributed by atoms with Crippen molar-refractivity contribution in [2.24, 2.45) is 11.8 Å². The molecule has 0 radical (unpaired) electrons. The molecule has 7 heteroatoms. The molecule has 1 N–H and O–H groups in total. The molecule has 0 spiro atoms. The number of piperidine rings is 1. The van der Waals surface area contributed by atoms with Gasteiger partial charge in [-0.05, 0) is 46.5 Å². The molecule has 0 aromatic carbocycles. The fraction of sp³-hybridized carbons (Fsp3) is 0.842. The second-order valence-corrected chi connectivity index (χ2v) is 8.53. The number of carbonyl (C=O) groups excluding carboxylic acids is 3. The number of rotatable bonds is 5. The van der Waals surface area contributed by atoms with Crippen molar-refractivity contribution < 1.29 is 19.1 Å². The van der Waals surface area contributed by atoms with Gasteiger partial charge < -0.3 is 19.9 Å². The van der Waals surface area contributed by atoms with Gasteiger partial charge >= 0.3 is 6.09 Å². The van der Waals surface area contributed by atoms with Crippen LogP contribution >= 0.6 is 0 Å². The highest BCUT2D eigenvalue weighted by Crippen LogP contribution is 2.18. The first-order chi connectivity index (χ1) is 11.9. The molecule has 0 aromatic rings. The quantitative estimate of drug-likeness (QED) is 0.806. The van der Waals surface area contributed by atoms with E-state index in [1.54, 1.807) is 32.7 Å². The van der Waals surface area contributed by atoms with Gasteiger partial charge in [0.15, 0.2) is 0 Å². The Kier molecular flexibility index (Phi) is 7.90. The highest BCUT2D eigenvalue weighted by Gasteiger charge is 2.29. The second-order valence-electron chi connectivity index (χ2n) is 8.53. The standard InChI is InChI=1S/C19H35N3O4/c1-13(2)14(3)20-17(24)15-8-10-22(11-9-15)16(23)12-21(7)18(25)26-19(4,5)6/h13-15H,8-12H2,1-7H3,(H,20,24). The van der Waals surface area contributed by atoms with Crippen LogP contribution in [0.15, 0.2) is 0 Å². The van der Waals surface area contributed by atoms with Gasteiger partial charge in [-0.15, -0.1) is 0 Å². The average Bonchev–Trinajstić information content (AvgIpc) is 2.53. The minimum atomic E-state index is -0.590. The molecule has 1 atom stereocenters. The number of likely N-dealkylation sites (N-methyl/N-ethyl adjacent to an activating group) is 1. The molecule has 150 valence electrons. The molecule has 0 bridgehead atoms. The lowest BCUT2D eigenvalue weighted by Gasteiger charge is -2.33. The summed E-state index contributed by atoms with van der Waals surface area (Å²) in [6, 6.07) is 0.143. The van der Waals surface area contributed by atoms with Crippen molar-refractivity contribution in [1.82, 2.24) is 15.1 Å². The van der Waals surface area contributed by atoms with Crippen molar-refractivity contribution in [2.75, 3.05) is 26.7 Å². The Bertz CT molecular complexity index is 505. The number of nitrogens with zero attached hydrogens (tertiary/aromatic N) is 2. The third-order valence-corrected chi connectivity index (χ3v) is 4.67. The summed E-state index contributed by atoms with van der Waals surface area (Å²) in [5.74, 6) is 0.296. The van der Waals surface area contributed by atoms with Crippen LogP contribution in [0.25, 0.3) is 0 Å². The molecule has 1 saturated heterocycles. The Morgan fingerprint density at radius 1 is 1.15 bits per heavy atom. The van der Waals surface area contributed by atoms with E-state index in [2.05, 4.69) is 19.2 Å². The summed E-state index contributed by atoms with van der Waals surface area (Å²) in [6.07, 6.45) is 0.791. The third-order valence-electron chi connectivity index (χ3n) is 4.67. The van der Waals surface area contributed by atoms with Gasteiger partial charge in [0.1, 0.15) is 12.1 Å². The van der Waals surface area contributed by atoms with Crippen LogP contribution in [0, 0.1) is 11.8 Å². The summed E-state index contributed by atoms with van der Waals surface area (Å²) in [4.78, 5) is 39.7. The van der Waals surface area contributed by atoms with Gasteiger partial charge in [0.25, 0.3) is 0 Å². The van der Waals surface area contributed by atoms with Crippen LogP contribution in [0.2, 0.25) is 0 Å². The molecular formula is C19H35N3O4. The van der Waals surface area contributed by atoms with E-state index in [0.29, 0.717) is 31.8 Å². The van der Waals surface area contributed by atoms with Crippen LogP contribution in [0.5, 0.6) is 0 Å². The van der Waals surface area contributed by atoms with E-state index in [1.807, 2.05) is 6.92 Å².